The van der Waals surface area contributed by atoms with Crippen LogP contribution >= 0.6 is 0 Å². The van der Waals surface area contributed by atoms with Crippen LogP contribution in [0.15, 0.2) is 12.3 Å². The topological polar surface area (TPSA) is 31.4 Å². The molecule has 1 aromatic rings. The Labute approximate surface area is 187 Å². The molecule has 1 heterocycles. The van der Waals surface area contributed by atoms with Crippen LogP contribution in [-0.4, -0.2) is 26.5 Å². The van der Waals surface area contributed by atoms with Gasteiger partial charge in [0.25, 0.3) is 0 Å². The second-order valence-corrected chi connectivity index (χ2v) is 14.6. The van der Waals surface area contributed by atoms with Crippen LogP contribution in [0.3, 0.4) is 0 Å². The van der Waals surface area contributed by atoms with Crippen LogP contribution in [-0.2, 0) is 4.74 Å². The summed E-state index contributed by atoms with van der Waals surface area (Å²) in [6.07, 6.45) is 16.5. The summed E-state index contributed by atoms with van der Waals surface area (Å²) in [4.78, 5) is 5.16. The molecule has 0 amide bonds. The highest BCUT2D eigenvalue weighted by atomic mass is 28.3. The monoisotopic (exact) mass is 433 g/mol. The van der Waals surface area contributed by atoms with Crippen molar-refractivity contribution in [3.63, 3.8) is 0 Å². The average molecular weight is 434 g/mol. The van der Waals surface area contributed by atoms with Gasteiger partial charge < -0.3 is 9.47 Å². The van der Waals surface area contributed by atoms with Gasteiger partial charge in [-0.25, -0.2) is 0 Å². The highest BCUT2D eigenvalue weighted by Gasteiger charge is 2.48. The van der Waals surface area contributed by atoms with Crippen LogP contribution in [0.2, 0.25) is 18.1 Å². The number of aromatic nitrogens is 1. The highest BCUT2D eigenvalue weighted by Crippen LogP contribution is 2.52. The Kier molecular flexibility index (Phi) is 10.4. The lowest BCUT2D eigenvalue weighted by molar-refractivity contribution is 0.0227. The van der Waals surface area contributed by atoms with Gasteiger partial charge in [0.2, 0.25) is 0 Å². The van der Waals surface area contributed by atoms with Crippen LogP contribution in [0.25, 0.3) is 0 Å². The first-order valence-electron chi connectivity index (χ1n) is 12.7. The minimum atomic E-state index is -1.90. The molecule has 1 aromatic heterocycles. The second-order valence-electron chi connectivity index (χ2n) is 9.86. The molecule has 0 spiro atoms. The quantitative estimate of drug-likeness (QED) is 0.153. The Morgan fingerprint density at radius 2 is 1.53 bits per heavy atom. The van der Waals surface area contributed by atoms with E-state index in [9.17, 15) is 0 Å². The molecule has 0 unspecified atom stereocenters. The van der Waals surface area contributed by atoms with E-state index in [1.807, 2.05) is 6.92 Å². The summed E-state index contributed by atoms with van der Waals surface area (Å²) in [7, 11) is -1.90. The van der Waals surface area contributed by atoms with Crippen molar-refractivity contribution in [2.45, 2.75) is 122 Å². The predicted molar refractivity (Wildman–Crippen MR) is 132 cm³/mol. The number of rotatable bonds is 16. The van der Waals surface area contributed by atoms with E-state index < -0.39 is 8.07 Å². The van der Waals surface area contributed by atoms with Gasteiger partial charge >= 0.3 is 0 Å². The van der Waals surface area contributed by atoms with E-state index in [0.29, 0.717) is 24.4 Å². The normalized spacial score (nSPS) is 14.9. The summed E-state index contributed by atoms with van der Waals surface area (Å²) >= 11 is 0. The molecule has 1 aliphatic carbocycles. The van der Waals surface area contributed by atoms with E-state index in [1.54, 1.807) is 0 Å². The third-order valence-electron chi connectivity index (χ3n) is 7.37. The molecule has 30 heavy (non-hydrogen) atoms. The summed E-state index contributed by atoms with van der Waals surface area (Å²) in [5, 5.41) is 1.67. The zero-order valence-corrected chi connectivity index (χ0v) is 21.7. The molecule has 0 aromatic carbocycles. The second kappa shape index (κ2) is 12.2. The maximum absolute atomic E-state index is 6.24. The third-order valence-corrected chi connectivity index (χ3v) is 12.3. The van der Waals surface area contributed by atoms with E-state index in [2.05, 4.69) is 46.1 Å². The fourth-order valence-electron chi connectivity index (χ4n) is 4.98. The molecule has 3 nitrogen and oxygen atoms in total. The fraction of sp³-hybridized carbons (Fsp3) is 0.808. The van der Waals surface area contributed by atoms with E-state index >= 15 is 0 Å². The van der Waals surface area contributed by atoms with E-state index in [4.69, 9.17) is 14.5 Å². The minimum absolute atomic E-state index is 0.329. The van der Waals surface area contributed by atoms with Gasteiger partial charge in [-0.05, 0) is 61.6 Å². The van der Waals surface area contributed by atoms with Crippen molar-refractivity contribution in [1.82, 2.24) is 4.98 Å². The Balaban J connectivity index is 2.46. The summed E-state index contributed by atoms with van der Waals surface area (Å²) in [6.45, 7) is 15.2. The number of hydrogen-bond donors (Lipinski definition) is 0. The molecule has 172 valence electrons. The zero-order valence-electron chi connectivity index (χ0n) is 20.7. The Hall–Kier alpha value is -0.873. The molecule has 0 saturated heterocycles. The molecule has 0 radical (unpaired) electrons. The Bertz CT molecular complexity index is 606. The van der Waals surface area contributed by atoms with Crippen molar-refractivity contribution in [3.05, 3.63) is 17.8 Å². The summed E-state index contributed by atoms with van der Waals surface area (Å²) < 4.78 is 11.8. The molecular formula is C26H47NO2Si. The lowest BCUT2D eigenvalue weighted by atomic mass is 9.89. The van der Waals surface area contributed by atoms with Gasteiger partial charge in [0.15, 0.2) is 6.79 Å². The highest BCUT2D eigenvalue weighted by molar-refractivity contribution is 6.92. The van der Waals surface area contributed by atoms with Gasteiger partial charge in [-0.15, -0.1) is 0 Å². The lowest BCUT2D eigenvalue weighted by Crippen LogP contribution is -2.55. The average Bonchev–Trinajstić information content (AvgIpc) is 3.59. The Morgan fingerprint density at radius 3 is 2.00 bits per heavy atom. The molecule has 4 heteroatoms. The molecule has 0 atom stereocenters. The number of nitrogens with zero attached hydrogens (tertiary/aromatic N) is 1. The SMILES string of the molecule is CCCCC(CCCC)(CCCC)[Si](C)(C)c1ncc(C2CC2)cc1OCOCC. The maximum atomic E-state index is 6.24. The molecule has 0 N–H and O–H groups in total. The van der Waals surface area contributed by atoms with Crippen molar-refractivity contribution in [2.24, 2.45) is 0 Å². The molecule has 1 fully saturated rings. The van der Waals surface area contributed by atoms with Gasteiger partial charge in [-0.1, -0.05) is 72.4 Å². The van der Waals surface area contributed by atoms with Gasteiger partial charge in [-0.2, -0.15) is 0 Å². The molecule has 0 bridgehead atoms. The smallest absolute Gasteiger partial charge is 0.189 e. The first kappa shape index (κ1) is 25.4. The van der Waals surface area contributed by atoms with Crippen LogP contribution in [0, 0.1) is 0 Å². The number of hydrogen-bond acceptors (Lipinski definition) is 3. The van der Waals surface area contributed by atoms with Crippen molar-refractivity contribution >= 4 is 13.4 Å². The number of pyridine rings is 1. The first-order valence-corrected chi connectivity index (χ1v) is 15.7. The van der Waals surface area contributed by atoms with Gasteiger partial charge in [0, 0.05) is 12.8 Å². The molecule has 1 saturated carbocycles. The van der Waals surface area contributed by atoms with Crippen molar-refractivity contribution in [1.29, 1.82) is 0 Å². The first-order chi connectivity index (χ1) is 14.5. The number of unbranched alkanes of at least 4 members (excludes halogenated alkanes) is 3. The van der Waals surface area contributed by atoms with Crippen molar-refractivity contribution < 1.29 is 9.47 Å². The summed E-state index contributed by atoms with van der Waals surface area (Å²) in [6, 6.07) is 2.30. The van der Waals surface area contributed by atoms with Crippen LogP contribution < -0.4 is 10.1 Å². The molecule has 0 aliphatic heterocycles. The molecular weight excluding hydrogens is 386 g/mol. The summed E-state index contributed by atoms with van der Waals surface area (Å²) in [5.41, 5.74) is 1.36. The zero-order chi connectivity index (χ0) is 22.0. The third kappa shape index (κ3) is 6.32. The van der Waals surface area contributed by atoms with Gasteiger partial charge in [0.1, 0.15) is 13.8 Å². The van der Waals surface area contributed by atoms with E-state index in [-0.39, 0.29) is 0 Å². The largest absolute Gasteiger partial charge is 0.466 e. The predicted octanol–water partition coefficient (Wildman–Crippen LogP) is 7.56. The standard InChI is InChI=1S/C26H47NO2Si/c1-7-11-16-26(17-12-8-2,18-13-9-3)30(5,6)25-24(29-21-28-10-4)19-23(20-27-25)22-14-15-22/h19-20,22H,7-18,21H2,1-6H3. The van der Waals surface area contributed by atoms with E-state index in [0.717, 1.165) is 5.75 Å². The van der Waals surface area contributed by atoms with Crippen molar-refractivity contribution in [2.75, 3.05) is 13.4 Å². The lowest BCUT2D eigenvalue weighted by Gasteiger charge is -2.46. The number of ether oxygens (including phenoxy) is 2. The van der Waals surface area contributed by atoms with E-state index in [1.165, 1.54) is 81.5 Å². The summed E-state index contributed by atoms with van der Waals surface area (Å²) in [5.74, 6) is 1.70. The molecule has 2 rings (SSSR count). The van der Waals surface area contributed by atoms with Crippen LogP contribution in [0.1, 0.15) is 110 Å². The fourth-order valence-corrected chi connectivity index (χ4v) is 9.03. The maximum Gasteiger partial charge on any atom is 0.189 e. The van der Waals surface area contributed by atoms with Gasteiger partial charge in [0.05, 0.1) is 5.32 Å². The Morgan fingerprint density at radius 1 is 0.967 bits per heavy atom. The van der Waals surface area contributed by atoms with Crippen molar-refractivity contribution in [3.8, 4) is 5.75 Å². The van der Waals surface area contributed by atoms with Crippen LogP contribution in [0.5, 0.6) is 5.75 Å². The van der Waals surface area contributed by atoms with Crippen LogP contribution in [0.4, 0.5) is 0 Å². The minimum Gasteiger partial charge on any atom is -0.466 e. The molecule has 1 aliphatic rings. The van der Waals surface area contributed by atoms with Gasteiger partial charge in [-0.3, -0.25) is 4.98 Å².